The smallest absolute Gasteiger partial charge is 0.228 e. The Bertz CT molecular complexity index is 456. The number of ketones is 2. The summed E-state index contributed by atoms with van der Waals surface area (Å²) in [5, 5.41) is 0. The van der Waals surface area contributed by atoms with Gasteiger partial charge in [0.15, 0.2) is 0 Å². The van der Waals surface area contributed by atoms with Gasteiger partial charge < -0.3 is 0 Å². The van der Waals surface area contributed by atoms with Crippen molar-refractivity contribution < 1.29 is 9.59 Å². The molecule has 0 saturated carbocycles. The fourth-order valence-electron chi connectivity index (χ4n) is 1.82. The Balaban J connectivity index is 3.05. The van der Waals surface area contributed by atoms with E-state index in [2.05, 4.69) is 0 Å². The number of carbonyl (C=O) groups is 2. The van der Waals surface area contributed by atoms with Gasteiger partial charge >= 0.3 is 0 Å². The highest BCUT2D eigenvalue weighted by Crippen LogP contribution is 2.17. The molecule has 0 spiro atoms. The van der Waals surface area contributed by atoms with Gasteiger partial charge in [0, 0.05) is 12.0 Å². The molecular weight excluding hydrogens is 212 g/mol. The van der Waals surface area contributed by atoms with Crippen molar-refractivity contribution in [3.63, 3.8) is 0 Å². The number of hydrogen-bond acceptors (Lipinski definition) is 2. The third-order valence-corrected chi connectivity index (χ3v) is 2.93. The van der Waals surface area contributed by atoms with Crippen LogP contribution in [-0.4, -0.2) is 11.6 Å². The molecule has 1 aromatic carbocycles. The number of Topliss-reactive ketones (excluding diaryl/α,β-unsaturated/α-hetero) is 2. The molecule has 0 aliphatic rings. The Labute approximate surface area is 103 Å². The van der Waals surface area contributed by atoms with E-state index in [4.69, 9.17) is 0 Å². The van der Waals surface area contributed by atoms with Gasteiger partial charge in [0.05, 0.1) is 0 Å². The summed E-state index contributed by atoms with van der Waals surface area (Å²) in [5.41, 5.74) is 3.64. The van der Waals surface area contributed by atoms with Gasteiger partial charge in [-0.3, -0.25) is 9.59 Å². The molecule has 2 nitrogen and oxygen atoms in total. The van der Waals surface area contributed by atoms with Crippen LogP contribution >= 0.6 is 0 Å². The van der Waals surface area contributed by atoms with Crippen LogP contribution in [0.15, 0.2) is 12.1 Å². The Morgan fingerprint density at radius 3 is 2.06 bits per heavy atom. The maximum Gasteiger partial charge on any atom is 0.228 e. The predicted molar refractivity (Wildman–Crippen MR) is 69.4 cm³/mol. The largest absolute Gasteiger partial charge is 0.290 e. The third kappa shape index (κ3) is 3.26. The fraction of sp³-hybridized carbons (Fsp3) is 0.467. The third-order valence-electron chi connectivity index (χ3n) is 2.93. The van der Waals surface area contributed by atoms with Gasteiger partial charge in [-0.2, -0.15) is 0 Å². The van der Waals surface area contributed by atoms with Crippen LogP contribution < -0.4 is 0 Å². The van der Waals surface area contributed by atoms with E-state index in [0.29, 0.717) is 12.0 Å². The molecule has 0 radical (unpaired) electrons. The highest BCUT2D eigenvalue weighted by atomic mass is 16.2. The zero-order chi connectivity index (χ0) is 13.2. The molecule has 0 atom stereocenters. The van der Waals surface area contributed by atoms with Crippen molar-refractivity contribution in [1.82, 2.24) is 0 Å². The molecule has 0 aliphatic carbocycles. The lowest BCUT2D eigenvalue weighted by atomic mass is 9.94. The number of hydrogen-bond donors (Lipinski definition) is 0. The van der Waals surface area contributed by atoms with Crippen molar-refractivity contribution in [2.75, 3.05) is 0 Å². The maximum absolute atomic E-state index is 12.0. The molecule has 0 fully saturated rings. The summed E-state index contributed by atoms with van der Waals surface area (Å²) in [4.78, 5) is 23.8. The molecule has 0 aromatic heterocycles. The van der Waals surface area contributed by atoms with Crippen LogP contribution in [0.2, 0.25) is 0 Å². The second-order valence-electron chi connectivity index (χ2n) is 5.10. The van der Waals surface area contributed by atoms with Gasteiger partial charge in [0.2, 0.25) is 11.6 Å². The molecule has 1 aromatic rings. The van der Waals surface area contributed by atoms with Gasteiger partial charge in [-0.25, -0.2) is 0 Å². The molecule has 0 bridgehead atoms. The first-order valence-corrected chi connectivity index (χ1v) is 5.98. The quantitative estimate of drug-likeness (QED) is 0.589. The zero-order valence-electron chi connectivity index (χ0n) is 11.3. The van der Waals surface area contributed by atoms with Gasteiger partial charge in [-0.05, 0) is 49.4 Å². The second kappa shape index (κ2) is 5.26. The number of aryl methyl sites for hydroxylation is 3. The summed E-state index contributed by atoms with van der Waals surface area (Å²) in [6.07, 6.45) is 0.325. The lowest BCUT2D eigenvalue weighted by molar-refractivity contribution is -0.115. The van der Waals surface area contributed by atoms with Crippen LogP contribution in [0.3, 0.4) is 0 Å². The Morgan fingerprint density at radius 2 is 1.53 bits per heavy atom. The first-order valence-electron chi connectivity index (χ1n) is 5.98. The molecule has 17 heavy (non-hydrogen) atoms. The van der Waals surface area contributed by atoms with Gasteiger partial charge in [-0.1, -0.05) is 19.9 Å². The van der Waals surface area contributed by atoms with E-state index in [1.807, 2.05) is 46.8 Å². The summed E-state index contributed by atoms with van der Waals surface area (Å²) in [6, 6.07) is 3.79. The first-order chi connectivity index (χ1) is 7.82. The highest BCUT2D eigenvalue weighted by Gasteiger charge is 2.19. The predicted octanol–water partition coefficient (Wildman–Crippen LogP) is 3.41. The van der Waals surface area contributed by atoms with Gasteiger partial charge in [0.25, 0.3) is 0 Å². The monoisotopic (exact) mass is 232 g/mol. The molecular formula is C15H20O2. The molecule has 0 saturated heterocycles. The van der Waals surface area contributed by atoms with E-state index >= 15 is 0 Å². The van der Waals surface area contributed by atoms with E-state index < -0.39 is 0 Å². The lowest BCUT2D eigenvalue weighted by Crippen LogP contribution is -2.17. The van der Waals surface area contributed by atoms with Crippen LogP contribution in [-0.2, 0) is 4.79 Å². The van der Waals surface area contributed by atoms with Gasteiger partial charge in [-0.15, -0.1) is 0 Å². The van der Waals surface area contributed by atoms with E-state index in [9.17, 15) is 9.59 Å². The van der Waals surface area contributed by atoms with E-state index in [1.54, 1.807) is 0 Å². The summed E-state index contributed by atoms with van der Waals surface area (Å²) in [6.45, 7) is 9.73. The standard InChI is InChI=1S/C15H20O2/c1-9(2)6-14(16)15(17)13-8-11(4)10(3)7-12(13)5/h7-9H,6H2,1-5H3. The SMILES string of the molecule is Cc1cc(C)c(C(=O)C(=O)CC(C)C)cc1C. The minimum atomic E-state index is -0.348. The average molecular weight is 232 g/mol. The minimum absolute atomic E-state index is 0.221. The van der Waals surface area contributed by atoms with Crippen molar-refractivity contribution in [2.45, 2.75) is 41.0 Å². The number of carbonyl (C=O) groups excluding carboxylic acids is 2. The first kappa shape index (κ1) is 13.6. The molecule has 0 unspecified atom stereocenters. The highest BCUT2D eigenvalue weighted by molar-refractivity contribution is 6.44. The average Bonchev–Trinajstić information content (AvgIpc) is 2.21. The van der Waals surface area contributed by atoms with Gasteiger partial charge in [0.1, 0.15) is 0 Å². The minimum Gasteiger partial charge on any atom is -0.290 e. The maximum atomic E-state index is 12.0. The summed E-state index contributed by atoms with van der Waals surface area (Å²) >= 11 is 0. The molecule has 0 aliphatic heterocycles. The van der Waals surface area contributed by atoms with Crippen LogP contribution in [0.5, 0.6) is 0 Å². The normalized spacial score (nSPS) is 10.7. The lowest BCUT2D eigenvalue weighted by Gasteiger charge is -2.09. The molecule has 2 heteroatoms. The Morgan fingerprint density at radius 1 is 1.00 bits per heavy atom. The molecule has 0 amide bonds. The summed E-state index contributed by atoms with van der Waals surface area (Å²) < 4.78 is 0. The van der Waals surface area contributed by atoms with Crippen LogP contribution in [0, 0.1) is 26.7 Å². The molecule has 1 rings (SSSR count). The van der Waals surface area contributed by atoms with Crippen LogP contribution in [0.4, 0.5) is 0 Å². The molecule has 0 N–H and O–H groups in total. The van der Waals surface area contributed by atoms with Crippen molar-refractivity contribution in [1.29, 1.82) is 0 Å². The Hall–Kier alpha value is -1.44. The van der Waals surface area contributed by atoms with Crippen molar-refractivity contribution in [2.24, 2.45) is 5.92 Å². The van der Waals surface area contributed by atoms with Crippen molar-refractivity contribution >= 4 is 11.6 Å². The number of rotatable bonds is 4. The topological polar surface area (TPSA) is 34.1 Å². The second-order valence-corrected chi connectivity index (χ2v) is 5.10. The van der Waals surface area contributed by atoms with Crippen LogP contribution in [0.1, 0.15) is 47.3 Å². The summed E-state index contributed by atoms with van der Waals surface area (Å²) in [5.74, 6) is -0.413. The molecule has 92 valence electrons. The zero-order valence-corrected chi connectivity index (χ0v) is 11.3. The molecule has 0 heterocycles. The van der Waals surface area contributed by atoms with Crippen LogP contribution in [0.25, 0.3) is 0 Å². The fourth-order valence-corrected chi connectivity index (χ4v) is 1.82. The van der Waals surface area contributed by atoms with Crippen molar-refractivity contribution in [3.05, 3.63) is 34.4 Å². The number of benzene rings is 1. The summed E-state index contributed by atoms with van der Waals surface area (Å²) in [7, 11) is 0. The van der Waals surface area contributed by atoms with E-state index in [0.717, 1.165) is 16.7 Å². The van der Waals surface area contributed by atoms with E-state index in [1.165, 1.54) is 0 Å². The Kier molecular flexibility index (Phi) is 4.22. The van der Waals surface area contributed by atoms with Crippen molar-refractivity contribution in [3.8, 4) is 0 Å². The van der Waals surface area contributed by atoms with E-state index in [-0.39, 0.29) is 17.5 Å².